The molecule has 3 heterocycles. The van der Waals surface area contributed by atoms with Crippen LogP contribution in [0.5, 0.6) is 11.5 Å². The van der Waals surface area contributed by atoms with E-state index in [1.165, 1.54) is 38.9 Å². The maximum Gasteiger partial charge on any atom is 0.136 e. The molecule has 6 heteroatoms. The molecular weight excluding hydrogens is 904 g/mol. The number of hydrogen-bond donors (Lipinski definition) is 0. The Hall–Kier alpha value is -5.90. The number of aromatic nitrogens is 2. The van der Waals surface area contributed by atoms with Crippen molar-refractivity contribution in [3.63, 3.8) is 0 Å². The second kappa shape index (κ2) is 15.7. The fourth-order valence-corrected chi connectivity index (χ4v) is 8.36. The number of pyridine rings is 1. The molecule has 2 aromatic heterocycles. The molecule has 0 saturated heterocycles. The van der Waals surface area contributed by atoms with Crippen molar-refractivity contribution in [1.29, 1.82) is 0 Å². The molecule has 0 amide bonds. The molecule has 0 radical (unpaired) electrons. The fourth-order valence-electron chi connectivity index (χ4n) is 8.36. The first-order valence-electron chi connectivity index (χ1n) is 19.9. The maximum absolute atomic E-state index is 6.59. The van der Waals surface area contributed by atoms with Gasteiger partial charge in [0.25, 0.3) is 0 Å². The Bertz CT molecular complexity index is 2880. The maximum atomic E-state index is 6.59. The van der Waals surface area contributed by atoms with Crippen LogP contribution in [0.1, 0.15) is 59.7 Å². The summed E-state index contributed by atoms with van der Waals surface area (Å²) in [7, 11) is 0. The Kier molecular flexibility index (Phi) is 10.6. The van der Waals surface area contributed by atoms with Gasteiger partial charge in [-0.3, -0.25) is 0 Å². The molecule has 0 spiro atoms. The molecule has 9 rings (SSSR count). The predicted octanol–water partition coefficient (Wildman–Crippen LogP) is 13.5. The molecular formula is C53H47N4OPt-3. The van der Waals surface area contributed by atoms with Crippen molar-refractivity contribution >= 4 is 38.9 Å². The van der Waals surface area contributed by atoms with E-state index in [-0.39, 0.29) is 26.5 Å². The van der Waals surface area contributed by atoms with E-state index in [9.17, 15) is 0 Å². The van der Waals surface area contributed by atoms with Gasteiger partial charge in [-0.25, -0.2) is 4.98 Å². The summed E-state index contributed by atoms with van der Waals surface area (Å²) in [5, 5.41) is 2.22. The van der Waals surface area contributed by atoms with Gasteiger partial charge in [0.15, 0.2) is 0 Å². The second-order valence-electron chi connectivity index (χ2n) is 16.6. The van der Waals surface area contributed by atoms with E-state index in [0.717, 1.165) is 55.8 Å². The predicted molar refractivity (Wildman–Crippen MR) is 241 cm³/mol. The number of aryl methyl sites for hydroxylation is 4. The Morgan fingerprint density at radius 2 is 1.39 bits per heavy atom. The van der Waals surface area contributed by atoms with Crippen LogP contribution in [-0.4, -0.2) is 9.55 Å². The van der Waals surface area contributed by atoms with Gasteiger partial charge in [0, 0.05) is 55.7 Å². The van der Waals surface area contributed by atoms with Gasteiger partial charge in [0.1, 0.15) is 5.82 Å². The monoisotopic (exact) mass is 950 g/mol. The number of rotatable bonds is 7. The summed E-state index contributed by atoms with van der Waals surface area (Å²) in [6.07, 6.45) is 4.09. The zero-order valence-corrected chi connectivity index (χ0v) is 37.1. The number of anilines is 2. The van der Waals surface area contributed by atoms with Crippen molar-refractivity contribution in [3.8, 4) is 28.4 Å². The van der Waals surface area contributed by atoms with Gasteiger partial charge in [-0.2, -0.15) is 12.1 Å². The first kappa shape index (κ1) is 39.9. The van der Waals surface area contributed by atoms with Crippen LogP contribution in [-0.2, 0) is 26.5 Å². The molecule has 1 aliphatic heterocycles. The molecule has 0 bridgehead atoms. The van der Waals surface area contributed by atoms with Crippen molar-refractivity contribution in [3.05, 3.63) is 191 Å². The molecule has 0 saturated carbocycles. The van der Waals surface area contributed by atoms with Crippen molar-refractivity contribution < 1.29 is 25.8 Å². The Morgan fingerprint density at radius 1 is 0.661 bits per heavy atom. The van der Waals surface area contributed by atoms with Gasteiger partial charge in [0.05, 0.1) is 0 Å². The van der Waals surface area contributed by atoms with Gasteiger partial charge in [0.2, 0.25) is 0 Å². The van der Waals surface area contributed by atoms with Crippen LogP contribution in [0.2, 0.25) is 0 Å². The zero-order chi connectivity index (χ0) is 40.3. The quantitative estimate of drug-likeness (QED) is 0.149. The van der Waals surface area contributed by atoms with E-state index in [1.807, 2.05) is 24.4 Å². The minimum atomic E-state index is 0. The van der Waals surface area contributed by atoms with E-state index in [4.69, 9.17) is 9.72 Å². The minimum absolute atomic E-state index is 0. The summed E-state index contributed by atoms with van der Waals surface area (Å²) in [6.45, 7) is 19.8. The first-order valence-corrected chi connectivity index (χ1v) is 19.9. The number of benzene rings is 6. The van der Waals surface area contributed by atoms with Crippen molar-refractivity contribution in [1.82, 2.24) is 9.55 Å². The van der Waals surface area contributed by atoms with Crippen molar-refractivity contribution in [2.75, 3.05) is 9.80 Å². The van der Waals surface area contributed by atoms with Crippen LogP contribution in [0.15, 0.2) is 134 Å². The third-order valence-electron chi connectivity index (χ3n) is 11.4. The van der Waals surface area contributed by atoms with E-state index in [2.05, 4.69) is 198 Å². The Balaban J connectivity index is 0.00000484. The standard InChI is InChI=1S/C53H47N4O.Pt/c1-34-27-36(3)52(37(4)28-34)40-25-26-54-51(29-40)57-48-17-10-9-16-45(48)46-24-23-44(31-49(46)57)58-43-15-12-14-42(30-43)55-32-50(39-19-21-41(22-20-39)53(6,7)8)56(33-55)47-18-11-13-35(2)38(47)5;/h9-29,32-33H,1-8H3;/q-3;. The number of para-hydroxylation sites is 1. The number of ether oxygens (including phenoxy) is 1. The van der Waals surface area contributed by atoms with Gasteiger partial charge in [-0.05, 0) is 120 Å². The molecule has 5 nitrogen and oxygen atoms in total. The van der Waals surface area contributed by atoms with Gasteiger partial charge in [-0.1, -0.05) is 98.6 Å². The molecule has 6 aromatic carbocycles. The normalized spacial score (nSPS) is 12.9. The molecule has 1 aliphatic rings. The minimum Gasteiger partial charge on any atom is -0.509 e. The van der Waals surface area contributed by atoms with Crippen molar-refractivity contribution in [2.45, 2.75) is 60.8 Å². The summed E-state index contributed by atoms with van der Waals surface area (Å²) in [5.41, 5.74) is 16.2. The van der Waals surface area contributed by atoms with Gasteiger partial charge < -0.3 is 19.1 Å². The molecule has 0 N–H and O–H groups in total. The topological polar surface area (TPSA) is 33.5 Å². The third kappa shape index (κ3) is 7.49. The summed E-state index contributed by atoms with van der Waals surface area (Å²) in [5.74, 6) is 2.03. The largest absolute Gasteiger partial charge is 0.509 e. The summed E-state index contributed by atoms with van der Waals surface area (Å²) in [4.78, 5) is 9.32. The van der Waals surface area contributed by atoms with Crippen LogP contribution < -0.4 is 14.5 Å². The van der Waals surface area contributed by atoms with E-state index >= 15 is 0 Å². The van der Waals surface area contributed by atoms with Crippen LogP contribution in [0, 0.1) is 53.4 Å². The molecule has 0 fully saturated rings. The smallest absolute Gasteiger partial charge is 0.136 e. The molecule has 0 unspecified atom stereocenters. The van der Waals surface area contributed by atoms with E-state index in [0.29, 0.717) is 11.5 Å². The Morgan fingerprint density at radius 3 is 2.15 bits per heavy atom. The number of hydrogen-bond acceptors (Lipinski definition) is 4. The van der Waals surface area contributed by atoms with Crippen LogP contribution in [0.4, 0.5) is 11.4 Å². The molecule has 8 aromatic rings. The summed E-state index contributed by atoms with van der Waals surface area (Å²) in [6, 6.07) is 50.0. The second-order valence-corrected chi connectivity index (χ2v) is 16.6. The molecule has 298 valence electrons. The van der Waals surface area contributed by atoms with Crippen LogP contribution in [0.3, 0.4) is 0 Å². The van der Waals surface area contributed by atoms with Crippen molar-refractivity contribution in [2.24, 2.45) is 0 Å². The Labute approximate surface area is 362 Å². The van der Waals surface area contributed by atoms with Crippen LogP contribution >= 0.6 is 0 Å². The zero-order valence-electron chi connectivity index (χ0n) is 34.8. The number of nitrogens with zero attached hydrogens (tertiary/aromatic N) is 4. The summed E-state index contributed by atoms with van der Waals surface area (Å²) >= 11 is 0. The van der Waals surface area contributed by atoms with Gasteiger partial charge in [-0.15, -0.1) is 48.1 Å². The SMILES string of the molecule is Cc1cc(C)c(-c2ccnc(-n3c4[c-]c(Oc5[c-]c(N6C=C(c7ccc(C(C)(C)C)cc7)N(c7cccc(C)c7C)[CH-]6)ccc5)ccc4c4ccccc43)c2)c(C)c1.[Pt]. The molecule has 59 heavy (non-hydrogen) atoms. The van der Waals surface area contributed by atoms with Gasteiger partial charge >= 0.3 is 0 Å². The van der Waals surface area contributed by atoms with E-state index in [1.54, 1.807) is 0 Å². The van der Waals surface area contributed by atoms with Crippen LogP contribution in [0.25, 0.3) is 44.4 Å². The van der Waals surface area contributed by atoms with E-state index < -0.39 is 0 Å². The number of fused-ring (bicyclic) bond motifs is 3. The average Bonchev–Trinajstić information content (AvgIpc) is 3.79. The molecule has 0 aliphatic carbocycles. The third-order valence-corrected chi connectivity index (χ3v) is 11.4. The fraction of sp³-hybridized carbons (Fsp3) is 0.170. The average molecular weight is 951 g/mol. The first-order chi connectivity index (χ1) is 27.9. The summed E-state index contributed by atoms with van der Waals surface area (Å²) < 4.78 is 8.79. The molecule has 0 atom stereocenters.